The zero-order chi connectivity index (χ0) is 10.4. The number of hydrogen-bond donors (Lipinski definition) is 2. The van der Waals surface area contributed by atoms with E-state index >= 15 is 0 Å². The molecule has 0 atom stereocenters. The topological polar surface area (TPSA) is 64.3 Å². The monoisotopic (exact) mass is 250 g/mol. The van der Waals surface area contributed by atoms with Crippen LogP contribution in [0.2, 0.25) is 0 Å². The maximum absolute atomic E-state index is 11.5. The number of carbonyl (C=O) groups is 1. The maximum Gasteiger partial charge on any atom is 0.261 e. The second kappa shape index (κ2) is 7.50. The number of methoxy groups -OCH3 is 1. The first-order valence-electron chi connectivity index (χ1n) is 4.38. The minimum atomic E-state index is -0.0632. The molecule has 1 rings (SSSR count). The molecule has 86 valence electrons. The van der Waals surface area contributed by atoms with E-state index < -0.39 is 0 Å². The van der Waals surface area contributed by atoms with Gasteiger partial charge in [0, 0.05) is 18.0 Å². The molecular formula is C9H15ClN2O2S. The number of thiophene rings is 1. The van der Waals surface area contributed by atoms with Crippen molar-refractivity contribution in [2.24, 2.45) is 5.73 Å². The van der Waals surface area contributed by atoms with Gasteiger partial charge in [-0.05, 0) is 13.0 Å². The summed E-state index contributed by atoms with van der Waals surface area (Å²) >= 11 is 1.37. The molecule has 0 spiro atoms. The lowest BCUT2D eigenvalue weighted by Gasteiger charge is -2.00. The van der Waals surface area contributed by atoms with Gasteiger partial charge in [-0.25, -0.2) is 0 Å². The molecule has 0 aliphatic carbocycles. The third-order valence-electron chi connectivity index (χ3n) is 1.70. The first-order chi connectivity index (χ1) is 6.77. The number of amides is 1. The number of hydrogen-bond acceptors (Lipinski definition) is 4. The minimum absolute atomic E-state index is 0. The van der Waals surface area contributed by atoms with Crippen molar-refractivity contribution >= 4 is 29.7 Å². The Morgan fingerprint density at radius 1 is 1.67 bits per heavy atom. The zero-order valence-electron chi connectivity index (χ0n) is 8.49. The average molecular weight is 251 g/mol. The van der Waals surface area contributed by atoms with Crippen molar-refractivity contribution in [1.82, 2.24) is 5.32 Å². The molecule has 0 saturated heterocycles. The van der Waals surface area contributed by atoms with Gasteiger partial charge in [-0.15, -0.1) is 23.7 Å². The molecule has 3 N–H and O–H groups in total. The molecule has 1 aromatic rings. The van der Waals surface area contributed by atoms with E-state index in [0.717, 1.165) is 12.2 Å². The van der Waals surface area contributed by atoms with Crippen molar-refractivity contribution in [3.05, 3.63) is 16.3 Å². The van der Waals surface area contributed by atoms with Gasteiger partial charge >= 0.3 is 0 Å². The average Bonchev–Trinajstić information content (AvgIpc) is 2.66. The molecule has 15 heavy (non-hydrogen) atoms. The van der Waals surface area contributed by atoms with Crippen LogP contribution in [0.1, 0.15) is 16.1 Å². The molecule has 1 aromatic heterocycles. The van der Waals surface area contributed by atoms with Crippen LogP contribution in [-0.2, 0) is 0 Å². The summed E-state index contributed by atoms with van der Waals surface area (Å²) in [5.74, 6) is 0.658. The van der Waals surface area contributed by atoms with Gasteiger partial charge in [-0.2, -0.15) is 0 Å². The van der Waals surface area contributed by atoms with E-state index in [4.69, 9.17) is 10.5 Å². The standard InChI is InChI=1S/C9H14N2O2S.ClH/c1-13-7-5-8(14-6-7)9(12)11-4-2-3-10;/h5-6H,2-4,10H2,1H3,(H,11,12);1H. The molecule has 6 heteroatoms. The van der Waals surface area contributed by atoms with Crippen LogP contribution >= 0.6 is 23.7 Å². The molecule has 0 unspecified atom stereocenters. The summed E-state index contributed by atoms with van der Waals surface area (Å²) in [7, 11) is 1.58. The SMILES string of the molecule is COc1csc(C(=O)NCCCN)c1.Cl. The van der Waals surface area contributed by atoms with Gasteiger partial charge < -0.3 is 15.8 Å². The molecule has 1 heterocycles. The molecular weight excluding hydrogens is 236 g/mol. The van der Waals surface area contributed by atoms with Crippen molar-refractivity contribution in [2.45, 2.75) is 6.42 Å². The molecule has 1 amide bonds. The van der Waals surface area contributed by atoms with E-state index in [-0.39, 0.29) is 18.3 Å². The smallest absolute Gasteiger partial charge is 0.261 e. The number of nitrogens with two attached hydrogens (primary N) is 1. The summed E-state index contributed by atoms with van der Waals surface area (Å²) in [6.45, 7) is 1.21. The lowest BCUT2D eigenvalue weighted by molar-refractivity contribution is 0.0957. The van der Waals surface area contributed by atoms with Crippen LogP contribution in [0.15, 0.2) is 11.4 Å². The lowest BCUT2D eigenvalue weighted by Crippen LogP contribution is -2.25. The van der Waals surface area contributed by atoms with Crippen molar-refractivity contribution in [3.8, 4) is 5.75 Å². The molecule has 0 aliphatic rings. The van der Waals surface area contributed by atoms with Crippen LogP contribution in [0.3, 0.4) is 0 Å². The summed E-state index contributed by atoms with van der Waals surface area (Å²) in [5, 5.41) is 4.58. The van der Waals surface area contributed by atoms with Crippen LogP contribution in [0.25, 0.3) is 0 Å². The molecule has 0 radical (unpaired) electrons. The van der Waals surface area contributed by atoms with Crippen LogP contribution in [-0.4, -0.2) is 26.1 Å². The Labute approximate surface area is 99.2 Å². The normalized spacial score (nSPS) is 9.20. The highest BCUT2D eigenvalue weighted by molar-refractivity contribution is 7.12. The van der Waals surface area contributed by atoms with E-state index in [1.807, 2.05) is 0 Å². The first kappa shape index (κ1) is 14.2. The van der Waals surface area contributed by atoms with E-state index in [0.29, 0.717) is 18.0 Å². The van der Waals surface area contributed by atoms with E-state index in [1.54, 1.807) is 18.6 Å². The highest BCUT2D eigenvalue weighted by Gasteiger charge is 2.07. The number of halogens is 1. The number of ether oxygens (including phenoxy) is 1. The molecule has 0 fully saturated rings. The van der Waals surface area contributed by atoms with E-state index in [1.165, 1.54) is 11.3 Å². The maximum atomic E-state index is 11.5. The predicted molar refractivity (Wildman–Crippen MR) is 64.1 cm³/mol. The Bertz CT molecular complexity index is 304. The fourth-order valence-electron chi connectivity index (χ4n) is 0.936. The third-order valence-corrected chi connectivity index (χ3v) is 2.61. The fraction of sp³-hybridized carbons (Fsp3) is 0.444. The van der Waals surface area contributed by atoms with Gasteiger partial charge in [0.05, 0.1) is 12.0 Å². The van der Waals surface area contributed by atoms with Gasteiger partial charge in [0.2, 0.25) is 0 Å². The molecule has 0 saturated carbocycles. The quantitative estimate of drug-likeness (QED) is 0.774. The Kier molecular flexibility index (Phi) is 7.11. The summed E-state index contributed by atoms with van der Waals surface area (Å²) in [5.41, 5.74) is 5.31. The number of nitrogens with one attached hydrogen (secondary N) is 1. The summed E-state index contributed by atoms with van der Waals surface area (Å²) < 4.78 is 4.98. The van der Waals surface area contributed by atoms with Crippen LogP contribution in [0.5, 0.6) is 5.75 Å². The van der Waals surface area contributed by atoms with Crippen molar-refractivity contribution in [1.29, 1.82) is 0 Å². The molecule has 0 aliphatic heterocycles. The number of rotatable bonds is 5. The largest absolute Gasteiger partial charge is 0.496 e. The van der Waals surface area contributed by atoms with Crippen LogP contribution in [0.4, 0.5) is 0 Å². The first-order valence-corrected chi connectivity index (χ1v) is 5.26. The Balaban J connectivity index is 0.00000196. The van der Waals surface area contributed by atoms with Gasteiger partial charge in [0.25, 0.3) is 5.91 Å². The highest BCUT2D eigenvalue weighted by Crippen LogP contribution is 2.20. The van der Waals surface area contributed by atoms with Crippen molar-refractivity contribution in [2.75, 3.05) is 20.2 Å². The molecule has 0 aromatic carbocycles. The Hall–Kier alpha value is -0.780. The molecule has 4 nitrogen and oxygen atoms in total. The fourth-order valence-corrected chi connectivity index (χ4v) is 1.71. The zero-order valence-corrected chi connectivity index (χ0v) is 10.1. The van der Waals surface area contributed by atoms with Gasteiger partial charge in [0.15, 0.2) is 0 Å². The van der Waals surface area contributed by atoms with Crippen LogP contribution in [0, 0.1) is 0 Å². The second-order valence-corrected chi connectivity index (χ2v) is 3.66. The highest BCUT2D eigenvalue weighted by atomic mass is 35.5. The van der Waals surface area contributed by atoms with Gasteiger partial charge in [0.1, 0.15) is 5.75 Å². The van der Waals surface area contributed by atoms with Crippen molar-refractivity contribution in [3.63, 3.8) is 0 Å². The van der Waals surface area contributed by atoms with Crippen molar-refractivity contribution < 1.29 is 9.53 Å². The Morgan fingerprint density at radius 2 is 2.40 bits per heavy atom. The number of carbonyl (C=O) groups excluding carboxylic acids is 1. The van der Waals surface area contributed by atoms with Gasteiger partial charge in [-0.1, -0.05) is 0 Å². The van der Waals surface area contributed by atoms with Gasteiger partial charge in [-0.3, -0.25) is 4.79 Å². The molecule has 0 bridgehead atoms. The Morgan fingerprint density at radius 3 is 2.93 bits per heavy atom. The summed E-state index contributed by atoms with van der Waals surface area (Å²) in [6, 6.07) is 1.72. The minimum Gasteiger partial charge on any atom is -0.496 e. The summed E-state index contributed by atoms with van der Waals surface area (Å²) in [6.07, 6.45) is 0.800. The van der Waals surface area contributed by atoms with E-state index in [2.05, 4.69) is 5.32 Å². The van der Waals surface area contributed by atoms with Crippen LogP contribution < -0.4 is 15.8 Å². The predicted octanol–water partition coefficient (Wildman–Crippen LogP) is 1.26. The lowest BCUT2D eigenvalue weighted by atomic mass is 10.4. The third kappa shape index (κ3) is 4.51. The summed E-state index contributed by atoms with van der Waals surface area (Å²) in [4.78, 5) is 12.1. The second-order valence-electron chi connectivity index (χ2n) is 2.75. The van der Waals surface area contributed by atoms with E-state index in [9.17, 15) is 4.79 Å².